The van der Waals surface area contributed by atoms with Crippen LogP contribution in [0.5, 0.6) is 11.5 Å². The summed E-state index contributed by atoms with van der Waals surface area (Å²) in [6.45, 7) is 5.35. The third-order valence-electron chi connectivity index (χ3n) is 6.16. The number of aromatic nitrogens is 3. The monoisotopic (exact) mass is 479 g/mol. The van der Waals surface area contributed by atoms with Crippen molar-refractivity contribution in [2.75, 3.05) is 38.5 Å². The molecule has 4 heterocycles. The highest BCUT2D eigenvalue weighted by Crippen LogP contribution is 2.43. The van der Waals surface area contributed by atoms with Crippen LogP contribution in [0.4, 0.5) is 11.6 Å². The van der Waals surface area contributed by atoms with Gasteiger partial charge in [0.05, 0.1) is 36.6 Å². The highest BCUT2D eigenvalue weighted by Gasteiger charge is 2.32. The summed E-state index contributed by atoms with van der Waals surface area (Å²) >= 11 is 1.62. The van der Waals surface area contributed by atoms with Gasteiger partial charge in [-0.15, -0.1) is 11.3 Å². The first-order valence-corrected chi connectivity index (χ1v) is 12.0. The van der Waals surface area contributed by atoms with Crippen molar-refractivity contribution >= 4 is 43.4 Å². The highest BCUT2D eigenvalue weighted by molar-refractivity contribution is 7.26. The second-order valence-electron chi connectivity index (χ2n) is 9.20. The van der Waals surface area contributed by atoms with Crippen molar-refractivity contribution in [3.63, 3.8) is 0 Å². The van der Waals surface area contributed by atoms with Gasteiger partial charge in [0.2, 0.25) is 0 Å². The molecule has 4 aromatic rings. The number of benzene rings is 1. The van der Waals surface area contributed by atoms with Gasteiger partial charge >= 0.3 is 0 Å². The molecule has 0 fully saturated rings. The summed E-state index contributed by atoms with van der Waals surface area (Å²) in [7, 11) is 7.34. The van der Waals surface area contributed by atoms with Crippen LogP contribution in [0, 0.1) is 0 Å². The number of pyridine rings is 1. The van der Waals surface area contributed by atoms with Crippen LogP contribution in [-0.2, 0) is 24.3 Å². The number of nitrogens with one attached hydrogen (secondary N) is 1. The van der Waals surface area contributed by atoms with E-state index in [1.165, 1.54) is 5.56 Å². The van der Waals surface area contributed by atoms with Gasteiger partial charge in [-0.2, -0.15) is 0 Å². The fourth-order valence-corrected chi connectivity index (χ4v) is 5.68. The molecule has 0 radical (unpaired) electrons. The van der Waals surface area contributed by atoms with Gasteiger partial charge in [-0.05, 0) is 25.5 Å². The molecule has 0 atom stereocenters. The molecule has 9 heteroatoms. The number of hydrogen-bond acceptors (Lipinski definition) is 9. The molecule has 1 aliphatic rings. The lowest BCUT2D eigenvalue weighted by Crippen LogP contribution is -2.33. The lowest BCUT2D eigenvalue weighted by Gasteiger charge is -2.34. The zero-order valence-electron chi connectivity index (χ0n) is 20.4. The average Bonchev–Trinajstić information content (AvgIpc) is 3.20. The number of nitrogens with zero attached hydrogens (tertiary/aromatic N) is 4. The molecular weight excluding hydrogens is 450 g/mol. The lowest BCUT2D eigenvalue weighted by molar-refractivity contribution is -0.0395. The maximum absolute atomic E-state index is 6.14. The quantitative estimate of drug-likeness (QED) is 0.423. The number of ether oxygens (including phenoxy) is 3. The minimum Gasteiger partial charge on any atom is -0.493 e. The Morgan fingerprint density at radius 2 is 1.97 bits per heavy atom. The molecule has 0 spiro atoms. The standard InChI is InChI=1S/C25H29N5O3S/c1-25(2)10-15-16(12-33-25)23(30(3)4)29-24-18(15)19-21(34-24)22(28-13-27-19)26-11-14-8-7-9-17(31-5)20(14)32-6/h7-9,13H,10-12H2,1-6H3,(H,26,27,28). The number of rotatable bonds is 6. The Labute approximate surface area is 202 Å². The van der Waals surface area contributed by atoms with Gasteiger partial charge in [-0.3, -0.25) is 0 Å². The van der Waals surface area contributed by atoms with Crippen molar-refractivity contribution < 1.29 is 14.2 Å². The first kappa shape index (κ1) is 22.6. The zero-order valence-corrected chi connectivity index (χ0v) is 21.2. The van der Waals surface area contributed by atoms with Gasteiger partial charge in [0.15, 0.2) is 11.5 Å². The molecule has 5 rings (SSSR count). The Bertz CT molecular complexity index is 1380. The van der Waals surface area contributed by atoms with E-state index < -0.39 is 0 Å². The van der Waals surface area contributed by atoms with Crippen molar-refractivity contribution in [1.82, 2.24) is 15.0 Å². The molecule has 8 nitrogen and oxygen atoms in total. The molecule has 178 valence electrons. The summed E-state index contributed by atoms with van der Waals surface area (Å²) in [6.07, 6.45) is 2.43. The summed E-state index contributed by atoms with van der Waals surface area (Å²) in [5, 5.41) is 4.60. The second kappa shape index (κ2) is 8.56. The van der Waals surface area contributed by atoms with Gasteiger partial charge in [0.25, 0.3) is 0 Å². The highest BCUT2D eigenvalue weighted by atomic mass is 32.1. The number of anilines is 2. The third kappa shape index (κ3) is 3.78. The molecule has 0 bridgehead atoms. The van der Waals surface area contributed by atoms with Crippen molar-refractivity contribution in [3.05, 3.63) is 41.2 Å². The number of methoxy groups -OCH3 is 2. The lowest BCUT2D eigenvalue weighted by atomic mass is 9.90. The van der Waals surface area contributed by atoms with E-state index in [9.17, 15) is 0 Å². The first-order chi connectivity index (χ1) is 16.3. The van der Waals surface area contributed by atoms with Gasteiger partial charge in [0, 0.05) is 43.6 Å². The third-order valence-corrected chi connectivity index (χ3v) is 7.24. The van der Waals surface area contributed by atoms with E-state index in [2.05, 4.69) is 29.0 Å². The number of fused-ring (bicyclic) bond motifs is 5. The Morgan fingerprint density at radius 1 is 1.15 bits per heavy atom. The molecule has 3 aromatic heterocycles. The van der Waals surface area contributed by atoms with E-state index in [-0.39, 0.29) is 5.60 Å². The molecule has 0 saturated heterocycles. The van der Waals surface area contributed by atoms with E-state index in [0.29, 0.717) is 24.7 Å². The van der Waals surface area contributed by atoms with Crippen LogP contribution in [0.3, 0.4) is 0 Å². The van der Waals surface area contributed by atoms with Crippen LogP contribution in [-0.4, -0.2) is 48.9 Å². The second-order valence-corrected chi connectivity index (χ2v) is 10.2. The fraction of sp³-hybridized carbons (Fsp3) is 0.400. The Kier molecular flexibility index (Phi) is 5.69. The predicted molar refractivity (Wildman–Crippen MR) is 136 cm³/mol. The first-order valence-electron chi connectivity index (χ1n) is 11.2. The molecule has 0 unspecified atom stereocenters. The molecular formula is C25H29N5O3S. The molecule has 1 aliphatic heterocycles. The fourth-order valence-electron chi connectivity index (χ4n) is 4.56. The van der Waals surface area contributed by atoms with Crippen LogP contribution < -0.4 is 19.7 Å². The Hall–Kier alpha value is -3.17. The topological polar surface area (TPSA) is 81.6 Å². The van der Waals surface area contributed by atoms with Crippen LogP contribution in [0.15, 0.2) is 24.5 Å². The molecule has 34 heavy (non-hydrogen) atoms. The van der Waals surface area contributed by atoms with E-state index >= 15 is 0 Å². The largest absolute Gasteiger partial charge is 0.493 e. The summed E-state index contributed by atoms with van der Waals surface area (Å²) < 4.78 is 18.2. The Morgan fingerprint density at radius 3 is 2.71 bits per heavy atom. The smallest absolute Gasteiger partial charge is 0.165 e. The van der Waals surface area contributed by atoms with Crippen LogP contribution in [0.1, 0.15) is 30.5 Å². The number of hydrogen-bond donors (Lipinski definition) is 1. The Balaban J connectivity index is 1.62. The summed E-state index contributed by atoms with van der Waals surface area (Å²) in [4.78, 5) is 17.3. The van der Waals surface area contributed by atoms with Crippen molar-refractivity contribution in [2.45, 2.75) is 39.0 Å². The number of para-hydroxylation sites is 1. The summed E-state index contributed by atoms with van der Waals surface area (Å²) in [5.41, 5.74) is 4.10. The van der Waals surface area contributed by atoms with Crippen LogP contribution in [0.2, 0.25) is 0 Å². The molecule has 1 aromatic carbocycles. The van der Waals surface area contributed by atoms with Crippen molar-refractivity contribution in [3.8, 4) is 11.5 Å². The van der Waals surface area contributed by atoms with Crippen LogP contribution >= 0.6 is 11.3 Å². The normalized spacial score (nSPS) is 14.8. The molecule has 0 amide bonds. The van der Waals surface area contributed by atoms with Gasteiger partial charge < -0.3 is 24.4 Å². The van der Waals surface area contributed by atoms with Crippen molar-refractivity contribution in [1.29, 1.82) is 0 Å². The van der Waals surface area contributed by atoms with E-state index in [0.717, 1.165) is 49.6 Å². The van der Waals surface area contributed by atoms with Gasteiger partial charge in [-0.25, -0.2) is 15.0 Å². The van der Waals surface area contributed by atoms with Crippen LogP contribution in [0.25, 0.3) is 20.4 Å². The minimum absolute atomic E-state index is 0.240. The maximum Gasteiger partial charge on any atom is 0.165 e. The predicted octanol–water partition coefficient (Wildman–Crippen LogP) is 4.79. The van der Waals surface area contributed by atoms with E-state index in [1.807, 2.05) is 32.3 Å². The molecule has 0 saturated carbocycles. The molecule has 1 N–H and O–H groups in total. The SMILES string of the molecule is COc1cccc(CNc2ncnc3c2sc2nc(N(C)C)c4c(c23)CC(C)(C)OC4)c1OC. The van der Waals surface area contributed by atoms with E-state index in [1.54, 1.807) is 31.9 Å². The van der Waals surface area contributed by atoms with Gasteiger partial charge in [0.1, 0.15) is 22.8 Å². The summed E-state index contributed by atoms with van der Waals surface area (Å²) in [5.74, 6) is 3.15. The van der Waals surface area contributed by atoms with Crippen molar-refractivity contribution in [2.24, 2.45) is 0 Å². The molecule has 0 aliphatic carbocycles. The number of thiophene rings is 1. The summed E-state index contributed by atoms with van der Waals surface area (Å²) in [6, 6.07) is 5.86. The van der Waals surface area contributed by atoms with Gasteiger partial charge in [-0.1, -0.05) is 12.1 Å². The average molecular weight is 480 g/mol. The van der Waals surface area contributed by atoms with E-state index in [4.69, 9.17) is 24.2 Å². The maximum atomic E-state index is 6.14. The zero-order chi connectivity index (χ0) is 24.0. The minimum atomic E-state index is -0.240.